The van der Waals surface area contributed by atoms with Crippen LogP contribution < -0.4 is 9.62 Å². The topological polar surface area (TPSA) is 66.5 Å². The summed E-state index contributed by atoms with van der Waals surface area (Å²) >= 11 is 1.57. The quantitative estimate of drug-likeness (QED) is 0.831. The second-order valence-corrected chi connectivity index (χ2v) is 8.82. The lowest BCUT2D eigenvalue weighted by molar-refractivity contribution is 0.102. The Hall–Kier alpha value is -1.99. The van der Waals surface area contributed by atoms with Gasteiger partial charge in [-0.2, -0.15) is 0 Å². The number of thioether (sulfide) groups is 1. The number of nitrogens with zero attached hydrogens (tertiary/aromatic N) is 1. The van der Waals surface area contributed by atoms with Crippen molar-refractivity contribution in [1.82, 2.24) is 0 Å². The van der Waals surface area contributed by atoms with Crippen LogP contribution in [0.3, 0.4) is 0 Å². The fraction of sp³-hybridized carbons (Fsp3) is 0.278. The third kappa shape index (κ3) is 3.52. The lowest BCUT2D eigenvalue weighted by Gasteiger charge is -2.21. The van der Waals surface area contributed by atoms with Gasteiger partial charge >= 0.3 is 0 Å². The molecule has 0 aliphatic carbocycles. The summed E-state index contributed by atoms with van der Waals surface area (Å²) in [4.78, 5) is 13.6. The number of carbonyl (C=O) groups excluding carboxylic acids is 1. The Morgan fingerprint density at radius 3 is 2.64 bits per heavy atom. The number of nitrogens with one attached hydrogen (secondary N) is 1. The second kappa shape index (κ2) is 6.72. The molecule has 2 aromatic rings. The predicted molar refractivity (Wildman–Crippen MR) is 103 cm³/mol. The molecule has 1 aliphatic heterocycles. The van der Waals surface area contributed by atoms with E-state index in [0.717, 1.165) is 16.1 Å². The maximum Gasteiger partial charge on any atom is 0.255 e. The molecule has 3 rings (SSSR count). The van der Waals surface area contributed by atoms with E-state index in [1.165, 1.54) is 10.6 Å². The van der Waals surface area contributed by atoms with Crippen molar-refractivity contribution in [2.24, 2.45) is 0 Å². The van der Waals surface area contributed by atoms with Gasteiger partial charge in [0.05, 0.1) is 17.6 Å². The molecule has 1 heterocycles. The minimum atomic E-state index is -3.33. The van der Waals surface area contributed by atoms with E-state index in [-0.39, 0.29) is 11.9 Å². The number of rotatable bonds is 4. The average Bonchev–Trinajstić information content (AvgIpc) is 2.90. The van der Waals surface area contributed by atoms with E-state index < -0.39 is 10.0 Å². The Morgan fingerprint density at radius 1 is 1.24 bits per heavy atom. The van der Waals surface area contributed by atoms with Crippen LogP contribution >= 0.6 is 11.8 Å². The minimum Gasteiger partial charge on any atom is -0.321 e. The highest BCUT2D eigenvalue weighted by Crippen LogP contribution is 2.35. The zero-order valence-corrected chi connectivity index (χ0v) is 15.9. The number of sulfonamides is 1. The van der Waals surface area contributed by atoms with Gasteiger partial charge in [0.2, 0.25) is 10.0 Å². The third-order valence-corrected chi connectivity index (χ3v) is 6.27. The summed E-state index contributed by atoms with van der Waals surface area (Å²) in [5, 5.41) is 2.93. The van der Waals surface area contributed by atoms with Gasteiger partial charge in [-0.25, -0.2) is 8.42 Å². The van der Waals surface area contributed by atoms with Crippen LogP contribution in [0.4, 0.5) is 11.4 Å². The monoisotopic (exact) mass is 376 g/mol. The first-order chi connectivity index (χ1) is 11.8. The van der Waals surface area contributed by atoms with Crippen LogP contribution in [-0.2, 0) is 16.4 Å². The predicted octanol–water partition coefficient (Wildman–Crippen LogP) is 3.37. The van der Waals surface area contributed by atoms with Gasteiger partial charge in [-0.3, -0.25) is 9.10 Å². The summed E-state index contributed by atoms with van der Waals surface area (Å²) < 4.78 is 25.4. The van der Waals surface area contributed by atoms with Crippen molar-refractivity contribution >= 4 is 39.1 Å². The molecule has 5 nitrogen and oxygen atoms in total. The Labute approximate surface area is 152 Å². The first kappa shape index (κ1) is 17.8. The summed E-state index contributed by atoms with van der Waals surface area (Å²) in [5.41, 5.74) is 2.84. The molecule has 25 heavy (non-hydrogen) atoms. The SMILES string of the molecule is CSc1ccccc1NC(=O)c1ccc2c(c1)C[C@H](C)N2S(C)(=O)=O. The normalized spacial score (nSPS) is 16.6. The van der Waals surface area contributed by atoms with Crippen molar-refractivity contribution in [2.75, 3.05) is 22.1 Å². The van der Waals surface area contributed by atoms with E-state index in [9.17, 15) is 13.2 Å². The Bertz CT molecular complexity index is 926. The Morgan fingerprint density at radius 2 is 1.96 bits per heavy atom. The molecule has 0 fully saturated rings. The summed E-state index contributed by atoms with van der Waals surface area (Å²) in [6.07, 6.45) is 3.77. The molecule has 0 saturated carbocycles. The molecule has 0 spiro atoms. The summed E-state index contributed by atoms with van der Waals surface area (Å²) in [7, 11) is -3.33. The largest absolute Gasteiger partial charge is 0.321 e. The molecule has 0 radical (unpaired) electrons. The molecule has 2 aromatic carbocycles. The summed E-state index contributed by atoms with van der Waals surface area (Å²) in [6.45, 7) is 1.87. The van der Waals surface area contributed by atoms with Gasteiger partial charge in [0.25, 0.3) is 5.91 Å². The van der Waals surface area contributed by atoms with Crippen LogP contribution in [-0.4, -0.2) is 32.9 Å². The van der Waals surface area contributed by atoms with E-state index >= 15 is 0 Å². The molecule has 0 aromatic heterocycles. The highest BCUT2D eigenvalue weighted by Gasteiger charge is 2.32. The van der Waals surface area contributed by atoms with Crippen LogP contribution in [0.15, 0.2) is 47.4 Å². The smallest absolute Gasteiger partial charge is 0.255 e. The van der Waals surface area contributed by atoms with Gasteiger partial charge in [-0.15, -0.1) is 11.8 Å². The van der Waals surface area contributed by atoms with E-state index in [2.05, 4.69) is 5.32 Å². The van der Waals surface area contributed by atoms with Crippen LogP contribution in [0.1, 0.15) is 22.8 Å². The fourth-order valence-corrected chi connectivity index (χ4v) is 5.01. The standard InChI is InChI=1S/C18H20N2O3S2/c1-12-10-14-11-13(8-9-16(14)20(12)25(3,22)23)18(21)19-15-6-4-5-7-17(15)24-2/h4-9,11-12H,10H2,1-3H3,(H,19,21)/t12-/m0/s1. The zero-order valence-electron chi connectivity index (χ0n) is 14.3. The van der Waals surface area contributed by atoms with Crippen molar-refractivity contribution in [2.45, 2.75) is 24.3 Å². The van der Waals surface area contributed by atoms with Gasteiger partial charge in [0.1, 0.15) is 0 Å². The molecule has 0 bridgehead atoms. The van der Waals surface area contributed by atoms with Gasteiger partial charge in [0.15, 0.2) is 0 Å². The first-order valence-electron chi connectivity index (χ1n) is 7.88. The molecule has 0 unspecified atom stereocenters. The van der Waals surface area contributed by atoms with Crippen molar-refractivity contribution in [3.63, 3.8) is 0 Å². The van der Waals surface area contributed by atoms with Gasteiger partial charge in [0, 0.05) is 16.5 Å². The molecule has 1 atom stereocenters. The molecule has 1 amide bonds. The molecule has 7 heteroatoms. The fourth-order valence-electron chi connectivity index (χ4n) is 3.19. The van der Waals surface area contributed by atoms with E-state index in [1.807, 2.05) is 37.4 Å². The zero-order chi connectivity index (χ0) is 18.2. The summed E-state index contributed by atoms with van der Waals surface area (Å²) in [6, 6.07) is 12.7. The van der Waals surface area contributed by atoms with E-state index in [1.54, 1.807) is 30.0 Å². The van der Waals surface area contributed by atoms with Crippen molar-refractivity contribution in [1.29, 1.82) is 0 Å². The number of fused-ring (bicyclic) bond motifs is 1. The number of carbonyl (C=O) groups is 1. The molecule has 132 valence electrons. The third-order valence-electron chi connectivity index (χ3n) is 4.21. The number of amides is 1. The lowest BCUT2D eigenvalue weighted by Crippen LogP contribution is -2.34. The summed E-state index contributed by atoms with van der Waals surface area (Å²) in [5.74, 6) is -0.199. The van der Waals surface area contributed by atoms with Crippen LogP contribution in [0.2, 0.25) is 0 Å². The Balaban J connectivity index is 1.88. The molecular formula is C18H20N2O3S2. The average molecular weight is 377 g/mol. The van der Waals surface area contributed by atoms with Gasteiger partial charge < -0.3 is 5.32 Å². The first-order valence-corrected chi connectivity index (χ1v) is 11.0. The van der Waals surface area contributed by atoms with Crippen LogP contribution in [0, 0.1) is 0 Å². The number of anilines is 2. The molecule has 0 saturated heterocycles. The maximum absolute atomic E-state index is 12.6. The highest BCUT2D eigenvalue weighted by atomic mass is 32.2. The number of para-hydroxylation sites is 1. The Kier molecular flexibility index (Phi) is 4.79. The number of hydrogen-bond acceptors (Lipinski definition) is 4. The molecule has 1 aliphatic rings. The molecular weight excluding hydrogens is 356 g/mol. The van der Waals surface area contributed by atoms with Crippen LogP contribution in [0.25, 0.3) is 0 Å². The highest BCUT2D eigenvalue weighted by molar-refractivity contribution is 7.98. The second-order valence-electron chi connectivity index (χ2n) is 6.11. The van der Waals surface area contributed by atoms with Gasteiger partial charge in [-0.1, -0.05) is 12.1 Å². The van der Waals surface area contributed by atoms with Crippen LogP contribution in [0.5, 0.6) is 0 Å². The lowest BCUT2D eigenvalue weighted by atomic mass is 10.1. The van der Waals surface area contributed by atoms with E-state index in [4.69, 9.17) is 0 Å². The van der Waals surface area contributed by atoms with Crippen molar-refractivity contribution in [3.8, 4) is 0 Å². The van der Waals surface area contributed by atoms with Crippen molar-refractivity contribution < 1.29 is 13.2 Å². The molecule has 1 N–H and O–H groups in total. The number of benzene rings is 2. The van der Waals surface area contributed by atoms with Gasteiger partial charge in [-0.05, 0) is 55.5 Å². The van der Waals surface area contributed by atoms with Crippen molar-refractivity contribution in [3.05, 3.63) is 53.6 Å². The van der Waals surface area contributed by atoms with E-state index in [0.29, 0.717) is 17.7 Å². The minimum absolute atomic E-state index is 0.138. The number of hydrogen-bond donors (Lipinski definition) is 1. The maximum atomic E-state index is 12.6.